The van der Waals surface area contributed by atoms with Crippen molar-refractivity contribution in [3.8, 4) is 0 Å². The maximum absolute atomic E-state index is 12.4. The lowest BCUT2D eigenvalue weighted by molar-refractivity contribution is -0.150. The number of hydrogen-bond donors (Lipinski definition) is 1. The average molecular weight is 333 g/mol. The lowest BCUT2D eigenvalue weighted by Crippen LogP contribution is -2.13. The molecule has 1 aromatic heterocycles. The first-order chi connectivity index (χ1) is 7.73. The Balaban J connectivity index is 2.33. The quantitative estimate of drug-likeness (QED) is 0.905. The number of rotatable bonds is 2. The van der Waals surface area contributed by atoms with Crippen LogP contribution in [0.1, 0.15) is 23.0 Å². The third-order valence-electron chi connectivity index (χ3n) is 2.52. The molecule has 94 valence electrons. The minimum atomic E-state index is -4.30. The maximum Gasteiger partial charge on any atom is 0.393 e. The van der Waals surface area contributed by atoms with Gasteiger partial charge in [-0.2, -0.15) is 13.2 Å². The number of alkyl halides is 3. The van der Waals surface area contributed by atoms with Gasteiger partial charge in [0.25, 0.3) is 0 Å². The molecule has 1 aromatic rings. The Hall–Kier alpha value is -0.760. The zero-order valence-corrected chi connectivity index (χ0v) is 10.3. The van der Waals surface area contributed by atoms with Gasteiger partial charge in [0.2, 0.25) is 5.28 Å². The Morgan fingerprint density at radius 2 is 2.18 bits per heavy atom. The molecule has 1 unspecified atom stereocenters. The fourth-order valence-corrected chi connectivity index (χ4v) is 2.71. The van der Waals surface area contributed by atoms with E-state index in [0.29, 0.717) is 0 Å². The van der Waals surface area contributed by atoms with Crippen LogP contribution in [0.2, 0.25) is 5.28 Å². The Morgan fingerprint density at radius 1 is 1.59 bits per heavy atom. The van der Waals surface area contributed by atoms with Crippen LogP contribution in [0, 0.1) is 5.92 Å². The molecule has 0 aliphatic heterocycles. The van der Waals surface area contributed by atoms with Crippen LogP contribution in [-0.4, -0.2) is 26.8 Å². The first-order valence-corrected chi connectivity index (χ1v) is 5.63. The van der Waals surface area contributed by atoms with Crippen molar-refractivity contribution in [2.75, 3.05) is 0 Å². The molecule has 0 bridgehead atoms. The number of halogens is 5. The summed E-state index contributed by atoms with van der Waals surface area (Å²) in [7, 11) is 0. The van der Waals surface area contributed by atoms with Crippen molar-refractivity contribution >= 4 is 33.5 Å². The third kappa shape index (κ3) is 2.15. The fourth-order valence-electron chi connectivity index (χ4n) is 1.62. The summed E-state index contributed by atoms with van der Waals surface area (Å²) in [6.45, 7) is 0. The van der Waals surface area contributed by atoms with Crippen LogP contribution < -0.4 is 0 Å². The summed E-state index contributed by atoms with van der Waals surface area (Å²) in [6, 6.07) is -0.877. The molecule has 4 nitrogen and oxygen atoms in total. The minimum Gasteiger partial charge on any atom is -0.476 e. The summed E-state index contributed by atoms with van der Waals surface area (Å²) in [5.74, 6) is -2.84. The molecule has 1 N–H and O–H groups in total. The van der Waals surface area contributed by atoms with E-state index in [1.54, 1.807) is 0 Å². The van der Waals surface area contributed by atoms with Gasteiger partial charge in [-0.1, -0.05) is 0 Å². The number of nitrogens with zero attached hydrogens (tertiary/aromatic N) is 2. The highest BCUT2D eigenvalue weighted by atomic mass is 79.9. The Bertz CT molecular complexity index is 488. The molecule has 1 aliphatic rings. The smallest absolute Gasteiger partial charge is 0.393 e. The van der Waals surface area contributed by atoms with Gasteiger partial charge < -0.3 is 9.67 Å². The number of imidazole rings is 1. The number of carbonyl (C=O) groups is 1. The first-order valence-electron chi connectivity index (χ1n) is 4.46. The molecule has 0 amide bonds. The van der Waals surface area contributed by atoms with E-state index in [0.717, 1.165) is 4.57 Å². The van der Waals surface area contributed by atoms with Crippen LogP contribution in [0.15, 0.2) is 4.60 Å². The summed E-state index contributed by atoms with van der Waals surface area (Å²) >= 11 is 8.54. The molecule has 1 aliphatic carbocycles. The number of carboxylic acid groups (broad SMARTS) is 1. The molecular formula is C8H5BrClF3N2O2. The molecule has 2 atom stereocenters. The summed E-state index contributed by atoms with van der Waals surface area (Å²) < 4.78 is 38.2. The number of aromatic nitrogens is 2. The number of hydrogen-bond acceptors (Lipinski definition) is 2. The van der Waals surface area contributed by atoms with Gasteiger partial charge in [0.1, 0.15) is 4.60 Å². The maximum atomic E-state index is 12.4. The van der Waals surface area contributed by atoms with E-state index < -0.39 is 24.1 Å². The van der Waals surface area contributed by atoms with Crippen LogP contribution in [0.5, 0.6) is 0 Å². The second-order valence-corrected chi connectivity index (χ2v) is 4.74. The van der Waals surface area contributed by atoms with Gasteiger partial charge in [0, 0.05) is 6.04 Å². The van der Waals surface area contributed by atoms with Gasteiger partial charge in [-0.15, -0.1) is 0 Å². The standard InChI is InChI=1S/C8H5BrClF3N2O2/c9-5-4(6(16)17)14-7(10)15(5)3-1-2(3)8(11,12)13/h2-3H,1H2,(H,16,17)/t2?,3-/m0/s1. The number of carboxylic acids is 1. The van der Waals surface area contributed by atoms with Crippen molar-refractivity contribution in [3.05, 3.63) is 15.6 Å². The highest BCUT2D eigenvalue weighted by molar-refractivity contribution is 9.10. The highest BCUT2D eigenvalue weighted by Crippen LogP contribution is 2.55. The average Bonchev–Trinajstić information content (AvgIpc) is 2.88. The Kier molecular flexibility index (Phi) is 2.89. The van der Waals surface area contributed by atoms with E-state index in [9.17, 15) is 18.0 Å². The second-order valence-electron chi connectivity index (χ2n) is 3.65. The second kappa shape index (κ2) is 3.88. The largest absolute Gasteiger partial charge is 0.476 e. The van der Waals surface area contributed by atoms with Gasteiger partial charge in [-0.25, -0.2) is 9.78 Å². The molecule has 17 heavy (non-hydrogen) atoms. The van der Waals surface area contributed by atoms with Gasteiger partial charge in [0.05, 0.1) is 5.92 Å². The molecule has 0 spiro atoms. The molecule has 1 fully saturated rings. The van der Waals surface area contributed by atoms with Crippen molar-refractivity contribution in [2.45, 2.75) is 18.6 Å². The van der Waals surface area contributed by atoms with Gasteiger partial charge in [0.15, 0.2) is 5.69 Å². The molecule has 2 rings (SSSR count). The van der Waals surface area contributed by atoms with E-state index >= 15 is 0 Å². The zero-order valence-electron chi connectivity index (χ0n) is 8.00. The highest BCUT2D eigenvalue weighted by Gasteiger charge is 2.57. The van der Waals surface area contributed by atoms with Gasteiger partial charge in [-0.3, -0.25) is 0 Å². The van der Waals surface area contributed by atoms with Crippen molar-refractivity contribution < 1.29 is 23.1 Å². The first kappa shape index (κ1) is 12.7. The molecule has 0 aromatic carbocycles. The van der Waals surface area contributed by atoms with Gasteiger partial charge in [-0.05, 0) is 34.0 Å². The monoisotopic (exact) mass is 332 g/mol. The number of aromatic carboxylic acids is 1. The summed E-state index contributed by atoms with van der Waals surface area (Å²) in [5.41, 5.74) is -0.386. The van der Waals surface area contributed by atoms with Crippen molar-refractivity contribution in [1.82, 2.24) is 9.55 Å². The summed E-state index contributed by atoms with van der Waals surface area (Å²) in [5, 5.41) is 8.49. The van der Waals surface area contributed by atoms with Crippen LogP contribution in [0.3, 0.4) is 0 Å². The Morgan fingerprint density at radius 3 is 2.53 bits per heavy atom. The third-order valence-corrected chi connectivity index (χ3v) is 3.55. The summed E-state index contributed by atoms with van der Waals surface area (Å²) in [4.78, 5) is 14.2. The SMILES string of the molecule is O=C(O)c1nc(Cl)n([C@H]2CC2C(F)(F)F)c1Br. The fraction of sp³-hybridized carbons (Fsp3) is 0.500. The molecule has 0 saturated heterocycles. The van der Waals surface area contributed by atoms with Crippen LogP contribution in [0.25, 0.3) is 0 Å². The van der Waals surface area contributed by atoms with E-state index in [-0.39, 0.29) is 22.0 Å². The minimum absolute atomic E-state index is 0.0354. The normalized spacial score (nSPS) is 23.8. The molecule has 0 radical (unpaired) electrons. The van der Waals surface area contributed by atoms with E-state index in [1.807, 2.05) is 0 Å². The van der Waals surface area contributed by atoms with E-state index in [2.05, 4.69) is 20.9 Å². The molecule has 9 heteroatoms. The molecular weight excluding hydrogens is 328 g/mol. The molecule has 1 heterocycles. The van der Waals surface area contributed by atoms with Crippen molar-refractivity contribution in [3.63, 3.8) is 0 Å². The van der Waals surface area contributed by atoms with E-state index in [1.165, 1.54) is 0 Å². The topological polar surface area (TPSA) is 55.1 Å². The van der Waals surface area contributed by atoms with Crippen LogP contribution in [0.4, 0.5) is 13.2 Å². The van der Waals surface area contributed by atoms with Crippen molar-refractivity contribution in [2.24, 2.45) is 5.92 Å². The lowest BCUT2D eigenvalue weighted by Gasteiger charge is -2.07. The van der Waals surface area contributed by atoms with E-state index in [4.69, 9.17) is 16.7 Å². The van der Waals surface area contributed by atoms with Crippen LogP contribution in [-0.2, 0) is 0 Å². The predicted octanol–water partition coefficient (Wildman–Crippen LogP) is 3.12. The molecule has 1 saturated carbocycles. The van der Waals surface area contributed by atoms with Crippen LogP contribution >= 0.6 is 27.5 Å². The Labute approximate surface area is 107 Å². The summed E-state index contributed by atoms with van der Waals surface area (Å²) in [6.07, 6.45) is -4.42. The lowest BCUT2D eigenvalue weighted by atomic mass is 10.4. The zero-order chi connectivity index (χ0) is 13.0. The van der Waals surface area contributed by atoms with Crippen molar-refractivity contribution in [1.29, 1.82) is 0 Å². The van der Waals surface area contributed by atoms with Gasteiger partial charge >= 0.3 is 12.1 Å². The predicted molar refractivity (Wildman–Crippen MR) is 55.1 cm³/mol.